The van der Waals surface area contributed by atoms with E-state index in [4.69, 9.17) is 16.3 Å². The summed E-state index contributed by atoms with van der Waals surface area (Å²) >= 11 is 5.78. The fraction of sp³-hybridized carbons (Fsp3) is 0.154. The van der Waals surface area contributed by atoms with Crippen LogP contribution in [-0.4, -0.2) is 23.2 Å². The predicted molar refractivity (Wildman–Crippen MR) is 71.2 cm³/mol. The van der Waals surface area contributed by atoms with Crippen molar-refractivity contribution in [2.75, 3.05) is 7.11 Å². The fourth-order valence-electron chi connectivity index (χ4n) is 1.43. The van der Waals surface area contributed by atoms with Gasteiger partial charge in [-0.2, -0.15) is 0 Å². The zero-order valence-electron chi connectivity index (χ0n) is 10.3. The molecule has 5 nitrogen and oxygen atoms in total. The second kappa shape index (κ2) is 6.15. The molecule has 0 fully saturated rings. The van der Waals surface area contributed by atoms with E-state index in [0.717, 1.165) is 5.56 Å². The van der Waals surface area contributed by atoms with E-state index < -0.39 is 0 Å². The van der Waals surface area contributed by atoms with E-state index in [1.807, 2.05) is 12.1 Å². The molecule has 2 rings (SSSR count). The average molecular weight is 278 g/mol. The number of hydrogen-bond donors (Lipinski definition) is 1. The number of aromatic nitrogens is 2. The van der Waals surface area contributed by atoms with Gasteiger partial charge in [0.15, 0.2) is 5.69 Å². The van der Waals surface area contributed by atoms with E-state index in [9.17, 15) is 4.79 Å². The third kappa shape index (κ3) is 3.66. The van der Waals surface area contributed by atoms with Crippen LogP contribution in [-0.2, 0) is 6.54 Å². The second-order valence-corrected chi connectivity index (χ2v) is 4.21. The molecule has 0 spiro atoms. The number of hydrogen-bond acceptors (Lipinski definition) is 4. The first-order valence-electron chi connectivity index (χ1n) is 5.59. The van der Waals surface area contributed by atoms with E-state index >= 15 is 0 Å². The fourth-order valence-corrected chi connectivity index (χ4v) is 1.55. The lowest BCUT2D eigenvalue weighted by molar-refractivity contribution is 0.0944. The minimum Gasteiger partial charge on any atom is -0.480 e. The zero-order valence-corrected chi connectivity index (χ0v) is 11.0. The van der Waals surface area contributed by atoms with E-state index in [0.29, 0.717) is 17.4 Å². The molecule has 1 aromatic heterocycles. The number of carbonyl (C=O) groups is 1. The number of amides is 1. The van der Waals surface area contributed by atoms with Gasteiger partial charge < -0.3 is 10.1 Å². The number of ether oxygens (including phenoxy) is 1. The summed E-state index contributed by atoms with van der Waals surface area (Å²) in [6.07, 6.45) is 0. The molecule has 0 aliphatic carbocycles. The number of nitrogens with one attached hydrogen (secondary N) is 1. The Morgan fingerprint density at radius 2 is 1.95 bits per heavy atom. The summed E-state index contributed by atoms with van der Waals surface area (Å²) in [6, 6.07) is 10.4. The van der Waals surface area contributed by atoms with Gasteiger partial charge in [-0.05, 0) is 23.8 Å². The van der Waals surface area contributed by atoms with Crippen LogP contribution in [0.3, 0.4) is 0 Å². The largest absolute Gasteiger partial charge is 0.480 e. The lowest BCUT2D eigenvalue weighted by atomic mass is 10.2. The molecule has 0 radical (unpaired) electrons. The van der Waals surface area contributed by atoms with E-state index in [1.54, 1.807) is 24.3 Å². The standard InChI is InChI=1S/C13H12ClN3O2/c1-19-12-7-6-11(16-17-12)13(18)15-8-9-2-4-10(14)5-3-9/h2-7H,8H2,1H3,(H,15,18). The Bertz CT molecular complexity index is 555. The third-order valence-electron chi connectivity index (χ3n) is 2.45. The first-order valence-corrected chi connectivity index (χ1v) is 5.97. The monoisotopic (exact) mass is 277 g/mol. The molecule has 1 heterocycles. The zero-order chi connectivity index (χ0) is 13.7. The smallest absolute Gasteiger partial charge is 0.272 e. The number of halogens is 1. The molecule has 1 amide bonds. The Labute approximate surface area is 115 Å². The second-order valence-electron chi connectivity index (χ2n) is 3.77. The highest BCUT2D eigenvalue weighted by Gasteiger charge is 2.07. The summed E-state index contributed by atoms with van der Waals surface area (Å²) in [5, 5.41) is 10.9. The lowest BCUT2D eigenvalue weighted by Crippen LogP contribution is -2.24. The van der Waals surface area contributed by atoms with Gasteiger partial charge in [-0.15, -0.1) is 10.2 Å². The van der Waals surface area contributed by atoms with Crippen molar-refractivity contribution in [2.45, 2.75) is 6.54 Å². The van der Waals surface area contributed by atoms with Crippen LogP contribution in [0.4, 0.5) is 0 Å². The van der Waals surface area contributed by atoms with Gasteiger partial charge >= 0.3 is 0 Å². The third-order valence-corrected chi connectivity index (χ3v) is 2.70. The van der Waals surface area contributed by atoms with Crippen molar-refractivity contribution in [3.63, 3.8) is 0 Å². The number of benzene rings is 1. The van der Waals surface area contributed by atoms with Crippen LogP contribution in [0.25, 0.3) is 0 Å². The Kier molecular flexibility index (Phi) is 4.30. The van der Waals surface area contributed by atoms with Crippen molar-refractivity contribution in [2.24, 2.45) is 0 Å². The molecule has 98 valence electrons. The first kappa shape index (κ1) is 13.3. The molecule has 0 atom stereocenters. The van der Waals surface area contributed by atoms with Crippen molar-refractivity contribution in [1.82, 2.24) is 15.5 Å². The van der Waals surface area contributed by atoms with E-state index in [-0.39, 0.29) is 11.6 Å². The van der Waals surface area contributed by atoms with Crippen molar-refractivity contribution >= 4 is 17.5 Å². The molecule has 0 unspecified atom stereocenters. The van der Waals surface area contributed by atoms with Crippen LogP contribution in [0, 0.1) is 0 Å². The van der Waals surface area contributed by atoms with Gasteiger partial charge in [0.2, 0.25) is 5.88 Å². The van der Waals surface area contributed by atoms with Crippen LogP contribution in [0.2, 0.25) is 5.02 Å². The normalized spacial score (nSPS) is 10.0. The van der Waals surface area contributed by atoms with Gasteiger partial charge in [0, 0.05) is 17.6 Å². The molecule has 0 aliphatic rings. The van der Waals surface area contributed by atoms with Crippen LogP contribution in [0.15, 0.2) is 36.4 Å². The number of rotatable bonds is 4. The Hall–Kier alpha value is -2.14. The van der Waals surface area contributed by atoms with Gasteiger partial charge in [0.25, 0.3) is 5.91 Å². The maximum Gasteiger partial charge on any atom is 0.272 e. The van der Waals surface area contributed by atoms with E-state index in [1.165, 1.54) is 7.11 Å². The number of carbonyl (C=O) groups excluding carboxylic acids is 1. The summed E-state index contributed by atoms with van der Waals surface area (Å²) in [5.74, 6) is 0.0827. The molecule has 0 saturated carbocycles. The van der Waals surface area contributed by atoms with Crippen molar-refractivity contribution < 1.29 is 9.53 Å². The van der Waals surface area contributed by atoms with Crippen LogP contribution >= 0.6 is 11.6 Å². The molecule has 0 aliphatic heterocycles. The highest BCUT2D eigenvalue weighted by atomic mass is 35.5. The Morgan fingerprint density at radius 3 is 2.53 bits per heavy atom. The average Bonchev–Trinajstić information content (AvgIpc) is 2.46. The topological polar surface area (TPSA) is 64.1 Å². The highest BCUT2D eigenvalue weighted by Crippen LogP contribution is 2.09. The first-order chi connectivity index (χ1) is 9.19. The molecule has 6 heteroatoms. The lowest BCUT2D eigenvalue weighted by Gasteiger charge is -2.05. The maximum atomic E-state index is 11.8. The summed E-state index contributed by atoms with van der Waals surface area (Å²) in [7, 11) is 1.49. The molecule has 0 saturated heterocycles. The minimum atomic E-state index is -0.287. The van der Waals surface area contributed by atoms with Gasteiger partial charge in [0.1, 0.15) is 0 Å². The highest BCUT2D eigenvalue weighted by molar-refractivity contribution is 6.30. The molecule has 2 aromatic rings. The SMILES string of the molecule is COc1ccc(C(=O)NCc2ccc(Cl)cc2)nn1. The molecule has 1 aromatic carbocycles. The quantitative estimate of drug-likeness (QED) is 0.929. The van der Waals surface area contributed by atoms with Crippen LogP contribution in [0.5, 0.6) is 5.88 Å². The maximum absolute atomic E-state index is 11.8. The van der Waals surface area contributed by atoms with Gasteiger partial charge in [-0.25, -0.2) is 0 Å². The Morgan fingerprint density at radius 1 is 1.21 bits per heavy atom. The van der Waals surface area contributed by atoms with Crippen molar-refractivity contribution in [3.8, 4) is 5.88 Å². The molecular formula is C13H12ClN3O2. The van der Waals surface area contributed by atoms with Crippen LogP contribution in [0.1, 0.15) is 16.1 Å². The molecule has 1 N–H and O–H groups in total. The van der Waals surface area contributed by atoms with Crippen LogP contribution < -0.4 is 10.1 Å². The molecule has 19 heavy (non-hydrogen) atoms. The van der Waals surface area contributed by atoms with Crippen molar-refractivity contribution in [3.05, 3.63) is 52.7 Å². The summed E-state index contributed by atoms with van der Waals surface area (Å²) in [5.41, 5.74) is 1.20. The summed E-state index contributed by atoms with van der Waals surface area (Å²) in [4.78, 5) is 11.8. The van der Waals surface area contributed by atoms with Gasteiger partial charge in [-0.1, -0.05) is 23.7 Å². The van der Waals surface area contributed by atoms with Crippen molar-refractivity contribution in [1.29, 1.82) is 0 Å². The number of nitrogens with zero attached hydrogens (tertiary/aromatic N) is 2. The molecule has 0 bridgehead atoms. The number of methoxy groups -OCH3 is 1. The van der Waals surface area contributed by atoms with E-state index in [2.05, 4.69) is 15.5 Å². The Balaban J connectivity index is 1.95. The van der Waals surface area contributed by atoms with Gasteiger partial charge in [0.05, 0.1) is 7.11 Å². The van der Waals surface area contributed by atoms with Gasteiger partial charge in [-0.3, -0.25) is 4.79 Å². The summed E-state index contributed by atoms with van der Waals surface area (Å²) in [6.45, 7) is 0.406. The summed E-state index contributed by atoms with van der Waals surface area (Å²) < 4.78 is 4.87. The minimum absolute atomic E-state index is 0.245. The predicted octanol–water partition coefficient (Wildman–Crippen LogP) is 2.07. The molecular weight excluding hydrogens is 266 g/mol.